The minimum atomic E-state index is -0.458. The van der Waals surface area contributed by atoms with Crippen LogP contribution in [0.5, 0.6) is 5.75 Å². The van der Waals surface area contributed by atoms with Crippen LogP contribution in [0, 0.1) is 12.8 Å². The van der Waals surface area contributed by atoms with E-state index in [0.717, 1.165) is 42.3 Å². The third-order valence-corrected chi connectivity index (χ3v) is 7.10. The standard InChI is InChI=1S/C24H26N4O3/c1-16-13-19(26-31-16)23(29)27-11-9-24(10-12-27)22-21(18-7-2-3-8-20(18)30-24)25-15-28(22)14-17-5-4-6-17/h2-3,7-8,13,15,17H,4-6,9-12,14H2,1H3. The summed E-state index contributed by atoms with van der Waals surface area (Å²) >= 11 is 0. The van der Waals surface area contributed by atoms with E-state index in [0.29, 0.717) is 24.5 Å². The Morgan fingerprint density at radius 3 is 2.74 bits per heavy atom. The molecule has 1 saturated carbocycles. The molecule has 7 heteroatoms. The molecule has 3 aromatic rings. The monoisotopic (exact) mass is 418 g/mol. The highest BCUT2D eigenvalue weighted by molar-refractivity contribution is 5.92. The lowest BCUT2D eigenvalue weighted by Crippen LogP contribution is -2.50. The molecule has 2 aliphatic heterocycles. The molecular formula is C24H26N4O3. The number of aryl methyl sites for hydroxylation is 1. The number of rotatable bonds is 3. The summed E-state index contributed by atoms with van der Waals surface area (Å²) in [6, 6.07) is 9.87. The van der Waals surface area contributed by atoms with E-state index in [1.807, 2.05) is 29.4 Å². The number of hydrogen-bond donors (Lipinski definition) is 0. The van der Waals surface area contributed by atoms with Crippen molar-refractivity contribution in [1.82, 2.24) is 19.6 Å². The van der Waals surface area contributed by atoms with Gasteiger partial charge in [0.15, 0.2) is 11.3 Å². The molecule has 6 rings (SSSR count). The minimum absolute atomic E-state index is 0.0777. The van der Waals surface area contributed by atoms with E-state index in [-0.39, 0.29) is 5.91 Å². The largest absolute Gasteiger partial charge is 0.480 e. The van der Waals surface area contributed by atoms with E-state index in [1.54, 1.807) is 13.0 Å². The molecule has 4 heterocycles. The van der Waals surface area contributed by atoms with Crippen LogP contribution in [-0.4, -0.2) is 38.6 Å². The molecule has 31 heavy (non-hydrogen) atoms. The van der Waals surface area contributed by atoms with Crippen LogP contribution in [0.3, 0.4) is 0 Å². The molecule has 1 saturated heterocycles. The number of benzene rings is 1. The van der Waals surface area contributed by atoms with E-state index in [4.69, 9.17) is 14.2 Å². The Morgan fingerprint density at radius 1 is 1.23 bits per heavy atom. The van der Waals surface area contributed by atoms with Crippen molar-refractivity contribution < 1.29 is 14.1 Å². The molecule has 0 unspecified atom stereocenters. The molecule has 3 aliphatic rings. The summed E-state index contributed by atoms with van der Waals surface area (Å²) in [4.78, 5) is 19.6. The summed E-state index contributed by atoms with van der Waals surface area (Å²) in [6.45, 7) is 4.02. The third kappa shape index (κ3) is 2.98. The summed E-state index contributed by atoms with van der Waals surface area (Å²) in [5.41, 5.74) is 3.20. The number of nitrogens with zero attached hydrogens (tertiary/aromatic N) is 4. The van der Waals surface area contributed by atoms with Gasteiger partial charge in [0.1, 0.15) is 11.5 Å². The molecule has 1 aromatic carbocycles. The molecule has 1 aliphatic carbocycles. The van der Waals surface area contributed by atoms with Crippen LogP contribution in [0.2, 0.25) is 0 Å². The van der Waals surface area contributed by atoms with Gasteiger partial charge < -0.3 is 18.7 Å². The van der Waals surface area contributed by atoms with Crippen LogP contribution in [-0.2, 0) is 12.1 Å². The Hall–Kier alpha value is -3.09. The molecule has 0 radical (unpaired) electrons. The number of aromatic nitrogens is 3. The molecule has 1 spiro atoms. The van der Waals surface area contributed by atoms with Crippen molar-refractivity contribution in [2.75, 3.05) is 13.1 Å². The molecule has 0 bridgehead atoms. The summed E-state index contributed by atoms with van der Waals surface area (Å²) < 4.78 is 14.1. The Kier molecular flexibility index (Phi) is 4.20. The second-order valence-electron chi connectivity index (χ2n) is 9.10. The summed E-state index contributed by atoms with van der Waals surface area (Å²) in [6.07, 6.45) is 7.35. The van der Waals surface area contributed by atoms with Gasteiger partial charge in [-0.15, -0.1) is 0 Å². The number of likely N-dealkylation sites (tertiary alicyclic amines) is 1. The first kappa shape index (κ1) is 18.7. The van der Waals surface area contributed by atoms with Crippen LogP contribution in [0.15, 0.2) is 41.2 Å². The van der Waals surface area contributed by atoms with Crippen molar-refractivity contribution >= 4 is 5.91 Å². The van der Waals surface area contributed by atoms with Gasteiger partial charge in [-0.1, -0.05) is 23.7 Å². The highest BCUT2D eigenvalue weighted by Gasteiger charge is 2.47. The van der Waals surface area contributed by atoms with Crippen LogP contribution < -0.4 is 4.74 Å². The SMILES string of the molecule is Cc1cc(C(=O)N2CCC3(CC2)Oc2ccccc2-c2ncn(CC4CCC4)c23)no1. The van der Waals surface area contributed by atoms with Gasteiger partial charge in [-0.3, -0.25) is 4.79 Å². The number of fused-ring (bicyclic) bond motifs is 4. The van der Waals surface area contributed by atoms with Crippen molar-refractivity contribution in [2.45, 2.75) is 51.2 Å². The Balaban J connectivity index is 1.33. The number of amides is 1. The van der Waals surface area contributed by atoms with Crippen molar-refractivity contribution in [2.24, 2.45) is 5.92 Å². The van der Waals surface area contributed by atoms with E-state index in [9.17, 15) is 4.79 Å². The van der Waals surface area contributed by atoms with Crippen LogP contribution >= 0.6 is 0 Å². The van der Waals surface area contributed by atoms with Crippen LogP contribution in [0.25, 0.3) is 11.3 Å². The van der Waals surface area contributed by atoms with Gasteiger partial charge in [0, 0.05) is 44.1 Å². The van der Waals surface area contributed by atoms with Crippen molar-refractivity contribution in [1.29, 1.82) is 0 Å². The lowest BCUT2D eigenvalue weighted by atomic mass is 9.82. The zero-order chi connectivity index (χ0) is 21.0. The average Bonchev–Trinajstić information content (AvgIpc) is 3.38. The molecule has 1 amide bonds. The molecule has 160 valence electrons. The number of imidazole rings is 1. The minimum Gasteiger partial charge on any atom is -0.480 e. The number of carbonyl (C=O) groups is 1. The molecule has 7 nitrogen and oxygen atoms in total. The summed E-state index contributed by atoms with van der Waals surface area (Å²) in [5, 5.41) is 3.90. The van der Waals surface area contributed by atoms with Crippen molar-refractivity contribution in [3.8, 4) is 17.0 Å². The lowest BCUT2D eigenvalue weighted by Gasteiger charge is -2.45. The quantitative estimate of drug-likeness (QED) is 0.638. The van der Waals surface area contributed by atoms with E-state index >= 15 is 0 Å². The first-order valence-electron chi connectivity index (χ1n) is 11.2. The highest BCUT2D eigenvalue weighted by atomic mass is 16.5. The first-order chi connectivity index (χ1) is 15.1. The van der Waals surface area contributed by atoms with Gasteiger partial charge in [-0.25, -0.2) is 4.98 Å². The maximum absolute atomic E-state index is 12.9. The normalized spacial score (nSPS) is 19.5. The van der Waals surface area contributed by atoms with Crippen molar-refractivity contribution in [3.05, 3.63) is 53.8 Å². The maximum atomic E-state index is 12.9. The van der Waals surface area contributed by atoms with E-state index in [2.05, 4.69) is 15.8 Å². The summed E-state index contributed by atoms with van der Waals surface area (Å²) in [7, 11) is 0. The van der Waals surface area contributed by atoms with Gasteiger partial charge >= 0.3 is 0 Å². The Morgan fingerprint density at radius 2 is 2.03 bits per heavy atom. The van der Waals surface area contributed by atoms with Crippen LogP contribution in [0.4, 0.5) is 0 Å². The smallest absolute Gasteiger partial charge is 0.276 e. The molecule has 2 fully saturated rings. The molecule has 2 aromatic heterocycles. The van der Waals surface area contributed by atoms with Crippen LogP contribution in [0.1, 0.15) is 54.0 Å². The topological polar surface area (TPSA) is 73.4 Å². The number of carbonyl (C=O) groups excluding carboxylic acids is 1. The fourth-order valence-electron chi connectivity index (χ4n) is 5.20. The van der Waals surface area contributed by atoms with Gasteiger partial charge in [0.05, 0.1) is 17.7 Å². The van der Waals surface area contributed by atoms with Crippen molar-refractivity contribution in [3.63, 3.8) is 0 Å². The fourth-order valence-corrected chi connectivity index (χ4v) is 5.20. The van der Waals surface area contributed by atoms with Gasteiger partial charge in [0.2, 0.25) is 0 Å². The lowest BCUT2D eigenvalue weighted by molar-refractivity contribution is -0.00831. The van der Waals surface area contributed by atoms with Gasteiger partial charge in [0.25, 0.3) is 5.91 Å². The number of ether oxygens (including phenoxy) is 1. The first-order valence-corrected chi connectivity index (χ1v) is 11.2. The highest BCUT2D eigenvalue weighted by Crippen LogP contribution is 2.49. The predicted octanol–water partition coefficient (Wildman–Crippen LogP) is 4.17. The maximum Gasteiger partial charge on any atom is 0.276 e. The summed E-state index contributed by atoms with van der Waals surface area (Å²) in [5.74, 6) is 2.18. The average molecular weight is 418 g/mol. The van der Waals surface area contributed by atoms with E-state index in [1.165, 1.54) is 25.0 Å². The number of para-hydroxylation sites is 1. The Labute approximate surface area is 181 Å². The zero-order valence-corrected chi connectivity index (χ0v) is 17.7. The third-order valence-electron chi connectivity index (χ3n) is 7.10. The molecular weight excluding hydrogens is 392 g/mol. The second-order valence-corrected chi connectivity index (χ2v) is 9.10. The zero-order valence-electron chi connectivity index (χ0n) is 17.7. The van der Waals surface area contributed by atoms with Gasteiger partial charge in [-0.05, 0) is 37.8 Å². The molecule has 0 N–H and O–H groups in total. The molecule has 0 atom stereocenters. The fraction of sp³-hybridized carbons (Fsp3) is 0.458. The number of hydrogen-bond acceptors (Lipinski definition) is 5. The number of piperidine rings is 1. The van der Waals surface area contributed by atoms with E-state index < -0.39 is 5.60 Å². The Bertz CT molecular complexity index is 1140. The van der Waals surface area contributed by atoms with Gasteiger partial charge in [-0.2, -0.15) is 0 Å². The second kappa shape index (κ2) is 6.97. The predicted molar refractivity (Wildman–Crippen MR) is 114 cm³/mol.